The van der Waals surface area contributed by atoms with Crippen LogP contribution in [-0.4, -0.2) is 28.1 Å². The number of aliphatic hydroxyl groups excluding tert-OH is 1. The summed E-state index contributed by atoms with van der Waals surface area (Å²) in [5.41, 5.74) is -0.980. The molecule has 2 N–H and O–H groups in total. The molecule has 1 aromatic carbocycles. The molecule has 1 aliphatic rings. The largest absolute Gasteiger partial charge is 0.394 e. The van der Waals surface area contributed by atoms with E-state index in [-0.39, 0.29) is 22.2 Å². The second kappa shape index (κ2) is 4.96. The number of aliphatic hydroxyl groups is 1. The van der Waals surface area contributed by atoms with Gasteiger partial charge in [-0.15, -0.1) is 0 Å². The van der Waals surface area contributed by atoms with Gasteiger partial charge in [-0.25, -0.2) is 0 Å². The molecule has 0 radical (unpaired) electrons. The average Bonchev–Trinajstić information content (AvgIpc) is 3.12. The van der Waals surface area contributed by atoms with Crippen LogP contribution in [0.25, 0.3) is 0 Å². The third-order valence-electron chi connectivity index (χ3n) is 3.00. The minimum atomic E-state index is -0.704. The van der Waals surface area contributed by atoms with E-state index in [1.165, 1.54) is 6.07 Å². The molecule has 1 aliphatic carbocycles. The van der Waals surface area contributed by atoms with Crippen LogP contribution in [0.5, 0.6) is 0 Å². The number of carbonyl (C=O) groups is 1. The lowest BCUT2D eigenvalue weighted by molar-refractivity contribution is -0.384. The smallest absolute Gasteiger partial charge is 0.290 e. The van der Waals surface area contributed by atoms with Crippen molar-refractivity contribution in [3.8, 4) is 0 Å². The van der Waals surface area contributed by atoms with Crippen LogP contribution in [0.3, 0.4) is 0 Å². The molecule has 0 saturated heterocycles. The highest BCUT2D eigenvalue weighted by atomic mass is 35.5. The third kappa shape index (κ3) is 2.80. The normalized spacial score (nSPS) is 15.9. The van der Waals surface area contributed by atoms with E-state index in [9.17, 15) is 14.9 Å². The molecule has 1 saturated carbocycles. The monoisotopic (exact) mass is 304 g/mol. The first-order valence-corrected chi connectivity index (χ1v) is 6.21. The minimum Gasteiger partial charge on any atom is -0.394 e. The zero-order valence-electron chi connectivity index (χ0n) is 9.65. The summed E-state index contributed by atoms with van der Waals surface area (Å²) < 4.78 is 0. The molecule has 0 spiro atoms. The molecule has 0 bridgehead atoms. The topological polar surface area (TPSA) is 92.5 Å². The van der Waals surface area contributed by atoms with Gasteiger partial charge in [-0.2, -0.15) is 0 Å². The predicted molar refractivity (Wildman–Crippen MR) is 69.6 cm³/mol. The van der Waals surface area contributed by atoms with E-state index in [1.807, 2.05) is 0 Å². The molecule has 0 aliphatic heterocycles. The van der Waals surface area contributed by atoms with Crippen LogP contribution in [0.2, 0.25) is 10.0 Å². The van der Waals surface area contributed by atoms with Crippen LogP contribution < -0.4 is 5.32 Å². The highest BCUT2D eigenvalue weighted by Gasteiger charge is 2.43. The molecule has 1 amide bonds. The maximum Gasteiger partial charge on any atom is 0.290 e. The van der Waals surface area contributed by atoms with Gasteiger partial charge in [0.25, 0.3) is 11.6 Å². The Labute approximate surface area is 118 Å². The van der Waals surface area contributed by atoms with E-state index >= 15 is 0 Å². The van der Waals surface area contributed by atoms with Gasteiger partial charge in [-0.1, -0.05) is 23.2 Å². The van der Waals surface area contributed by atoms with E-state index in [1.54, 1.807) is 0 Å². The Morgan fingerprint density at radius 3 is 2.58 bits per heavy atom. The van der Waals surface area contributed by atoms with Crippen LogP contribution in [0.15, 0.2) is 12.1 Å². The van der Waals surface area contributed by atoms with Crippen LogP contribution in [0.4, 0.5) is 5.69 Å². The van der Waals surface area contributed by atoms with Crippen molar-refractivity contribution in [1.82, 2.24) is 5.32 Å². The van der Waals surface area contributed by atoms with Crippen LogP contribution in [0.1, 0.15) is 23.2 Å². The van der Waals surface area contributed by atoms with Gasteiger partial charge in [0.15, 0.2) is 0 Å². The number of carbonyl (C=O) groups excluding carboxylic acids is 1. The first-order valence-electron chi connectivity index (χ1n) is 5.45. The van der Waals surface area contributed by atoms with E-state index in [0.29, 0.717) is 12.8 Å². The molecule has 0 heterocycles. The molecular formula is C11H10Cl2N2O4. The van der Waals surface area contributed by atoms with Crippen molar-refractivity contribution in [3.05, 3.63) is 37.9 Å². The van der Waals surface area contributed by atoms with Gasteiger partial charge in [0.05, 0.1) is 22.1 Å². The van der Waals surface area contributed by atoms with Crippen molar-refractivity contribution in [2.75, 3.05) is 6.61 Å². The van der Waals surface area contributed by atoms with Crippen molar-refractivity contribution >= 4 is 34.8 Å². The summed E-state index contributed by atoms with van der Waals surface area (Å²) in [4.78, 5) is 22.0. The molecule has 0 atom stereocenters. The first kappa shape index (κ1) is 14.0. The number of nitrogens with one attached hydrogen (secondary N) is 1. The summed E-state index contributed by atoms with van der Waals surface area (Å²) in [7, 11) is 0. The molecule has 2 rings (SSSR count). The summed E-state index contributed by atoms with van der Waals surface area (Å²) in [5, 5.41) is 22.3. The quantitative estimate of drug-likeness (QED) is 0.658. The van der Waals surface area contributed by atoms with Gasteiger partial charge in [0.2, 0.25) is 0 Å². The summed E-state index contributed by atoms with van der Waals surface area (Å²) >= 11 is 11.5. The standard InChI is InChI=1S/C11H10Cl2N2O4/c12-7-3-6(4-8(9(7)13)15(18)19)10(17)14-11(5-16)1-2-11/h3-4,16H,1-2,5H2,(H,14,17). The van der Waals surface area contributed by atoms with Gasteiger partial charge in [-0.05, 0) is 18.9 Å². The Bertz CT molecular complexity index is 558. The zero-order valence-corrected chi connectivity index (χ0v) is 11.2. The maximum absolute atomic E-state index is 12.0. The number of nitro groups is 1. The summed E-state index contributed by atoms with van der Waals surface area (Å²) in [5.74, 6) is -0.520. The fourth-order valence-electron chi connectivity index (χ4n) is 1.63. The minimum absolute atomic E-state index is 0.0424. The second-order valence-electron chi connectivity index (χ2n) is 4.44. The number of nitrogens with zero attached hydrogens (tertiary/aromatic N) is 1. The van der Waals surface area contributed by atoms with Crippen molar-refractivity contribution in [2.24, 2.45) is 0 Å². The fraction of sp³-hybridized carbons (Fsp3) is 0.364. The van der Waals surface area contributed by atoms with Gasteiger partial charge in [0.1, 0.15) is 5.02 Å². The van der Waals surface area contributed by atoms with E-state index in [0.717, 1.165) is 6.07 Å². The van der Waals surface area contributed by atoms with Crippen molar-refractivity contribution in [1.29, 1.82) is 0 Å². The lowest BCUT2D eigenvalue weighted by Gasteiger charge is -2.14. The number of benzene rings is 1. The van der Waals surface area contributed by atoms with Crippen LogP contribution in [0, 0.1) is 10.1 Å². The molecule has 0 unspecified atom stereocenters. The summed E-state index contributed by atoms with van der Waals surface area (Å²) in [6.07, 6.45) is 1.36. The highest BCUT2D eigenvalue weighted by Crippen LogP contribution is 2.36. The van der Waals surface area contributed by atoms with Gasteiger partial charge in [0, 0.05) is 11.6 Å². The Morgan fingerprint density at radius 2 is 2.11 bits per heavy atom. The summed E-state index contributed by atoms with van der Waals surface area (Å²) in [6, 6.07) is 2.33. The van der Waals surface area contributed by atoms with Crippen molar-refractivity contribution in [2.45, 2.75) is 18.4 Å². The molecule has 1 aromatic rings. The van der Waals surface area contributed by atoms with E-state index in [2.05, 4.69) is 5.32 Å². The first-order chi connectivity index (χ1) is 8.88. The lowest BCUT2D eigenvalue weighted by Crippen LogP contribution is -2.39. The number of halogens is 2. The SMILES string of the molecule is O=C(NC1(CO)CC1)c1cc(Cl)c(Cl)c([N+](=O)[O-])c1. The number of hydrogen-bond acceptors (Lipinski definition) is 4. The lowest BCUT2D eigenvalue weighted by atomic mass is 10.1. The molecule has 6 nitrogen and oxygen atoms in total. The van der Waals surface area contributed by atoms with Gasteiger partial charge >= 0.3 is 0 Å². The van der Waals surface area contributed by atoms with Crippen LogP contribution >= 0.6 is 23.2 Å². The van der Waals surface area contributed by atoms with Gasteiger partial charge in [-0.3, -0.25) is 14.9 Å². The number of rotatable bonds is 4. The van der Waals surface area contributed by atoms with E-state index < -0.39 is 22.1 Å². The number of amides is 1. The highest BCUT2D eigenvalue weighted by molar-refractivity contribution is 6.43. The molecule has 1 fully saturated rings. The number of hydrogen-bond donors (Lipinski definition) is 2. The van der Waals surface area contributed by atoms with E-state index in [4.69, 9.17) is 28.3 Å². The Hall–Kier alpha value is -1.37. The molecule has 8 heteroatoms. The third-order valence-corrected chi connectivity index (χ3v) is 3.79. The molecular weight excluding hydrogens is 295 g/mol. The Balaban J connectivity index is 2.30. The maximum atomic E-state index is 12.0. The zero-order chi connectivity index (χ0) is 14.2. The second-order valence-corrected chi connectivity index (χ2v) is 5.23. The van der Waals surface area contributed by atoms with Crippen molar-refractivity contribution in [3.63, 3.8) is 0 Å². The summed E-state index contributed by atoms with van der Waals surface area (Å²) in [6.45, 7) is -0.165. The van der Waals surface area contributed by atoms with Gasteiger partial charge < -0.3 is 10.4 Å². The fourth-order valence-corrected chi connectivity index (χ4v) is 2.02. The van der Waals surface area contributed by atoms with Crippen molar-refractivity contribution < 1.29 is 14.8 Å². The predicted octanol–water partition coefficient (Wildman–Crippen LogP) is 2.16. The molecule has 19 heavy (non-hydrogen) atoms. The number of nitro benzene ring substituents is 1. The van der Waals surface area contributed by atoms with Crippen LogP contribution in [-0.2, 0) is 0 Å². The Kier molecular flexibility index (Phi) is 3.66. The molecule has 0 aromatic heterocycles. The Morgan fingerprint density at radius 1 is 1.47 bits per heavy atom. The average molecular weight is 305 g/mol. The molecule has 102 valence electrons.